The van der Waals surface area contributed by atoms with Crippen LogP contribution in [0.5, 0.6) is 0 Å². The highest BCUT2D eigenvalue weighted by atomic mass is 16.1. The Morgan fingerprint density at radius 3 is 2.86 bits per heavy atom. The number of amides is 1. The summed E-state index contributed by atoms with van der Waals surface area (Å²) in [4.78, 5) is 9.49. The van der Waals surface area contributed by atoms with E-state index in [-0.39, 0.29) is 0 Å². The molecule has 0 saturated heterocycles. The van der Waals surface area contributed by atoms with Crippen molar-refractivity contribution in [3.63, 3.8) is 0 Å². The summed E-state index contributed by atoms with van der Waals surface area (Å²) in [7, 11) is 0. The lowest BCUT2D eigenvalue weighted by Gasteiger charge is -1.87. The van der Waals surface area contributed by atoms with Crippen molar-refractivity contribution >= 4 is 6.41 Å². The minimum absolute atomic E-state index is 0.579. The molecule has 0 aromatic heterocycles. The first-order valence-corrected chi connectivity index (χ1v) is 2.31. The van der Waals surface area contributed by atoms with E-state index in [1.807, 2.05) is 0 Å². The molecular formula is C5H9NO. The van der Waals surface area contributed by atoms with Crippen LogP contribution in [0, 0.1) is 6.92 Å². The molecule has 0 aliphatic heterocycles. The fraction of sp³-hybridized carbons (Fsp3) is 0.600. The van der Waals surface area contributed by atoms with Gasteiger partial charge in [0.1, 0.15) is 0 Å². The van der Waals surface area contributed by atoms with Crippen molar-refractivity contribution in [2.24, 2.45) is 0 Å². The van der Waals surface area contributed by atoms with Crippen molar-refractivity contribution in [3.05, 3.63) is 6.92 Å². The molecule has 2 nitrogen and oxygen atoms in total. The summed E-state index contributed by atoms with van der Waals surface area (Å²) in [6.45, 7) is 4.21. The third-order valence-corrected chi connectivity index (χ3v) is 0.612. The average Bonchev–Trinajstić information content (AvgIpc) is 1.69. The molecule has 2 heteroatoms. The molecule has 0 fully saturated rings. The molecule has 0 saturated carbocycles. The van der Waals surface area contributed by atoms with Crippen LogP contribution in [0.2, 0.25) is 0 Å². The van der Waals surface area contributed by atoms with E-state index in [2.05, 4.69) is 12.2 Å². The monoisotopic (exact) mass is 99.1 g/mol. The van der Waals surface area contributed by atoms with Crippen molar-refractivity contribution in [1.29, 1.82) is 0 Å². The zero-order chi connectivity index (χ0) is 5.54. The van der Waals surface area contributed by atoms with E-state index < -0.39 is 0 Å². The van der Waals surface area contributed by atoms with Gasteiger partial charge in [0, 0.05) is 6.54 Å². The van der Waals surface area contributed by atoms with Crippen LogP contribution in [0.4, 0.5) is 0 Å². The highest BCUT2D eigenvalue weighted by Gasteiger charge is 1.79. The Morgan fingerprint density at radius 2 is 2.43 bits per heavy atom. The lowest BCUT2D eigenvalue weighted by atomic mass is 10.3. The third-order valence-electron chi connectivity index (χ3n) is 0.612. The molecule has 0 bridgehead atoms. The Balaban J connectivity index is 2.56. The molecule has 0 aromatic rings. The van der Waals surface area contributed by atoms with Gasteiger partial charge in [0.15, 0.2) is 0 Å². The van der Waals surface area contributed by atoms with Crippen molar-refractivity contribution in [3.8, 4) is 0 Å². The van der Waals surface area contributed by atoms with E-state index in [1.165, 1.54) is 0 Å². The van der Waals surface area contributed by atoms with Crippen LogP contribution in [0.15, 0.2) is 0 Å². The van der Waals surface area contributed by atoms with Crippen molar-refractivity contribution < 1.29 is 4.79 Å². The summed E-state index contributed by atoms with van der Waals surface area (Å²) in [5.74, 6) is 0. The van der Waals surface area contributed by atoms with E-state index in [0.29, 0.717) is 13.0 Å². The summed E-state index contributed by atoms with van der Waals surface area (Å²) in [5, 5.41) is 3.44. The minimum Gasteiger partial charge on any atom is -0.277 e. The van der Waals surface area contributed by atoms with Gasteiger partial charge in [0.25, 0.3) is 0 Å². The van der Waals surface area contributed by atoms with Crippen molar-refractivity contribution in [1.82, 2.24) is 5.32 Å². The number of hydrogen-bond donors (Lipinski definition) is 0. The first kappa shape index (κ1) is 6.47. The molecular weight excluding hydrogens is 90.1 g/mol. The van der Waals surface area contributed by atoms with E-state index in [4.69, 9.17) is 0 Å². The molecule has 0 spiro atoms. The molecule has 0 aliphatic rings. The molecule has 0 rings (SSSR count). The number of unbranched alkanes of at least 4 members (excludes halogenated alkanes) is 1. The number of rotatable bonds is 4. The Kier molecular flexibility index (Phi) is 5.06. The Bertz CT molecular complexity index is 45.3. The second-order valence-corrected chi connectivity index (χ2v) is 1.22. The van der Waals surface area contributed by atoms with Gasteiger partial charge in [-0.1, -0.05) is 13.3 Å². The topological polar surface area (TPSA) is 31.2 Å². The third kappa shape index (κ3) is 5.47. The standard InChI is InChI=1S/C5H9NO/c1-2-3-4-6-5-7/h5H,1-4H2. The van der Waals surface area contributed by atoms with Crippen LogP contribution in [0.3, 0.4) is 0 Å². The van der Waals surface area contributed by atoms with Gasteiger partial charge in [-0.3, -0.25) is 10.1 Å². The van der Waals surface area contributed by atoms with Gasteiger partial charge in [-0.15, -0.1) is 0 Å². The molecule has 0 aromatic carbocycles. The smallest absolute Gasteiger partial charge is 0.228 e. The zero-order valence-corrected chi connectivity index (χ0v) is 4.26. The van der Waals surface area contributed by atoms with E-state index >= 15 is 0 Å². The average molecular weight is 99.1 g/mol. The lowest BCUT2D eigenvalue weighted by molar-refractivity contribution is -0.109. The van der Waals surface area contributed by atoms with E-state index in [9.17, 15) is 4.79 Å². The maximum atomic E-state index is 9.49. The maximum absolute atomic E-state index is 9.49. The minimum atomic E-state index is 0.579. The summed E-state index contributed by atoms with van der Waals surface area (Å²) >= 11 is 0. The fourth-order valence-corrected chi connectivity index (χ4v) is 0.256. The summed E-state index contributed by atoms with van der Waals surface area (Å²) in [6, 6.07) is 0. The zero-order valence-electron chi connectivity index (χ0n) is 4.26. The van der Waals surface area contributed by atoms with Crippen molar-refractivity contribution in [2.45, 2.75) is 12.8 Å². The van der Waals surface area contributed by atoms with Crippen LogP contribution in [0.25, 0.3) is 0 Å². The van der Waals surface area contributed by atoms with Gasteiger partial charge in [0.2, 0.25) is 6.41 Å². The maximum Gasteiger partial charge on any atom is 0.228 e. The van der Waals surface area contributed by atoms with Gasteiger partial charge in [0.05, 0.1) is 0 Å². The molecule has 40 valence electrons. The molecule has 1 amide bonds. The van der Waals surface area contributed by atoms with Crippen LogP contribution < -0.4 is 5.32 Å². The van der Waals surface area contributed by atoms with Crippen LogP contribution in [0.1, 0.15) is 12.8 Å². The Labute approximate surface area is 43.9 Å². The SMILES string of the molecule is [CH2]CCC[N]C=O. The van der Waals surface area contributed by atoms with Gasteiger partial charge in [-0.05, 0) is 6.42 Å². The van der Waals surface area contributed by atoms with E-state index in [1.54, 1.807) is 0 Å². The molecule has 0 atom stereocenters. The first-order chi connectivity index (χ1) is 3.41. The predicted octanol–water partition coefficient (Wildman–Crippen LogP) is 0.361. The highest BCUT2D eigenvalue weighted by Crippen LogP contribution is 1.79. The predicted molar refractivity (Wildman–Crippen MR) is 27.7 cm³/mol. The van der Waals surface area contributed by atoms with Crippen LogP contribution in [-0.2, 0) is 4.79 Å². The molecule has 0 N–H and O–H groups in total. The Morgan fingerprint density at radius 1 is 1.71 bits per heavy atom. The highest BCUT2D eigenvalue weighted by molar-refractivity contribution is 5.45. The molecule has 2 radical (unpaired) electrons. The molecule has 0 heterocycles. The van der Waals surface area contributed by atoms with Crippen LogP contribution in [-0.4, -0.2) is 13.0 Å². The number of carbonyl (C=O) groups is 1. The molecule has 0 aliphatic carbocycles. The first-order valence-electron chi connectivity index (χ1n) is 2.31. The molecule has 0 unspecified atom stereocenters. The number of nitrogens with zero attached hydrogens (tertiary/aromatic N) is 1. The second kappa shape index (κ2) is 5.47. The number of hydrogen-bond acceptors (Lipinski definition) is 1. The quantitative estimate of drug-likeness (QED) is 0.370. The van der Waals surface area contributed by atoms with Gasteiger partial charge in [-0.2, -0.15) is 0 Å². The van der Waals surface area contributed by atoms with Gasteiger partial charge in [-0.25, -0.2) is 0 Å². The van der Waals surface area contributed by atoms with Gasteiger partial charge >= 0.3 is 0 Å². The van der Waals surface area contributed by atoms with Gasteiger partial charge < -0.3 is 0 Å². The largest absolute Gasteiger partial charge is 0.277 e. The normalized spacial score (nSPS) is 8.14. The second-order valence-electron chi connectivity index (χ2n) is 1.22. The van der Waals surface area contributed by atoms with E-state index in [0.717, 1.165) is 12.8 Å². The summed E-state index contributed by atoms with van der Waals surface area (Å²) in [5.41, 5.74) is 0. The van der Waals surface area contributed by atoms with Crippen molar-refractivity contribution in [2.75, 3.05) is 6.54 Å². The summed E-state index contributed by atoms with van der Waals surface area (Å²) in [6.07, 6.45) is 2.35. The molecule has 7 heavy (non-hydrogen) atoms. The number of carbonyl (C=O) groups excluding carboxylic acids is 1. The Hall–Kier alpha value is -0.530. The fourth-order valence-electron chi connectivity index (χ4n) is 0.256. The van der Waals surface area contributed by atoms with Crippen LogP contribution >= 0.6 is 0 Å². The summed E-state index contributed by atoms with van der Waals surface area (Å²) < 4.78 is 0. The lowest BCUT2D eigenvalue weighted by Crippen LogP contribution is -2.01.